The molecule has 1 aromatic heterocycles. The highest BCUT2D eigenvalue weighted by Crippen LogP contribution is 2.41. The van der Waals surface area contributed by atoms with Crippen LogP contribution in [0.25, 0.3) is 11.0 Å². The largest absolute Gasteiger partial charge is 0.493 e. The molecule has 1 aliphatic heterocycles. The van der Waals surface area contributed by atoms with Crippen molar-refractivity contribution in [3.63, 3.8) is 0 Å². The van der Waals surface area contributed by atoms with Crippen LogP contribution in [-0.2, 0) is 0 Å². The van der Waals surface area contributed by atoms with Crippen molar-refractivity contribution in [3.05, 3.63) is 80.7 Å². The first-order valence-corrected chi connectivity index (χ1v) is 10.8. The van der Waals surface area contributed by atoms with Crippen LogP contribution < -0.4 is 14.9 Å². The lowest BCUT2D eigenvalue weighted by molar-refractivity contribution is 0.0728. The van der Waals surface area contributed by atoms with Gasteiger partial charge in [0.25, 0.3) is 5.91 Å². The molecule has 3 aromatic rings. The average molecular weight is 454 g/mol. The second-order valence-corrected chi connectivity index (χ2v) is 8.09. The number of hydrogen-bond donors (Lipinski definition) is 0. The van der Waals surface area contributed by atoms with Gasteiger partial charge in [-0.25, -0.2) is 0 Å². The molecule has 4 rings (SSSR count). The van der Waals surface area contributed by atoms with Gasteiger partial charge in [0.15, 0.2) is 16.9 Å². The van der Waals surface area contributed by atoms with Crippen LogP contribution in [0.15, 0.2) is 52.2 Å². The van der Waals surface area contributed by atoms with E-state index < -0.39 is 6.04 Å². The molecular weight excluding hydrogens is 430 g/mol. The summed E-state index contributed by atoms with van der Waals surface area (Å²) in [4.78, 5) is 28.5. The number of carbonyl (C=O) groups excluding carboxylic acids is 1. The van der Waals surface area contributed by atoms with Crippen molar-refractivity contribution < 1.29 is 18.7 Å². The van der Waals surface area contributed by atoms with Crippen molar-refractivity contribution in [2.24, 2.45) is 0 Å². The standard InChI is InChI=1S/C25H24ClNO5/c1-5-9-27-22(15-7-8-18(31-10-6-2)20(12-15)30-4)21-23(28)16-13-17(26)14(3)11-19(16)32-24(21)25(27)29/h6-8,11-13,22H,2,5,9-10H2,1,3-4H3. The van der Waals surface area contributed by atoms with E-state index in [0.29, 0.717) is 46.2 Å². The lowest BCUT2D eigenvalue weighted by atomic mass is 9.97. The molecule has 0 bridgehead atoms. The number of nitrogens with zero attached hydrogens (tertiary/aromatic N) is 1. The van der Waals surface area contributed by atoms with Crippen LogP contribution in [0.4, 0.5) is 0 Å². The van der Waals surface area contributed by atoms with Crippen molar-refractivity contribution in [1.29, 1.82) is 0 Å². The van der Waals surface area contributed by atoms with Gasteiger partial charge in [-0.2, -0.15) is 0 Å². The number of hydrogen-bond acceptors (Lipinski definition) is 5. The molecule has 0 saturated carbocycles. The minimum absolute atomic E-state index is 0.0774. The highest BCUT2D eigenvalue weighted by Gasteiger charge is 2.42. The van der Waals surface area contributed by atoms with Crippen LogP contribution in [-0.4, -0.2) is 31.1 Å². The lowest BCUT2D eigenvalue weighted by Crippen LogP contribution is -2.30. The van der Waals surface area contributed by atoms with Gasteiger partial charge < -0.3 is 18.8 Å². The maximum Gasteiger partial charge on any atom is 0.290 e. The van der Waals surface area contributed by atoms with E-state index in [4.69, 9.17) is 25.5 Å². The zero-order valence-electron chi connectivity index (χ0n) is 18.2. The molecule has 32 heavy (non-hydrogen) atoms. The Balaban J connectivity index is 1.93. The summed E-state index contributed by atoms with van der Waals surface area (Å²) in [5.74, 6) is 0.833. The van der Waals surface area contributed by atoms with Crippen molar-refractivity contribution in [1.82, 2.24) is 4.90 Å². The van der Waals surface area contributed by atoms with Crippen molar-refractivity contribution >= 4 is 28.5 Å². The molecule has 0 fully saturated rings. The number of rotatable bonds is 7. The summed E-state index contributed by atoms with van der Waals surface area (Å²) in [5, 5.41) is 0.829. The molecular formula is C25H24ClNO5. The van der Waals surface area contributed by atoms with Crippen LogP contribution in [0.3, 0.4) is 0 Å². The van der Waals surface area contributed by atoms with E-state index in [0.717, 1.165) is 17.5 Å². The van der Waals surface area contributed by atoms with Crippen LogP contribution in [0, 0.1) is 6.92 Å². The monoisotopic (exact) mass is 453 g/mol. The highest BCUT2D eigenvalue weighted by atomic mass is 35.5. The minimum Gasteiger partial charge on any atom is -0.493 e. The minimum atomic E-state index is -0.597. The summed E-state index contributed by atoms with van der Waals surface area (Å²) < 4.78 is 17.1. The number of fused-ring (bicyclic) bond motifs is 2. The number of halogens is 1. The Hall–Kier alpha value is -3.25. The first-order chi connectivity index (χ1) is 15.4. The fourth-order valence-corrected chi connectivity index (χ4v) is 4.24. The van der Waals surface area contributed by atoms with Crippen molar-refractivity contribution in [3.8, 4) is 11.5 Å². The first-order valence-electron chi connectivity index (χ1n) is 10.4. The molecule has 0 N–H and O–H groups in total. The van der Waals surface area contributed by atoms with Crippen molar-refractivity contribution in [2.45, 2.75) is 26.3 Å². The quantitative estimate of drug-likeness (QED) is 0.455. The topological polar surface area (TPSA) is 69.0 Å². The maximum absolute atomic E-state index is 13.6. The fourth-order valence-electron chi connectivity index (χ4n) is 4.08. The lowest BCUT2D eigenvalue weighted by Gasteiger charge is -2.25. The van der Waals surface area contributed by atoms with Crippen LogP contribution in [0.1, 0.15) is 46.6 Å². The van der Waals surface area contributed by atoms with Crippen LogP contribution in [0.2, 0.25) is 5.02 Å². The molecule has 6 nitrogen and oxygen atoms in total. The van der Waals surface area contributed by atoms with Gasteiger partial charge >= 0.3 is 0 Å². The van der Waals surface area contributed by atoms with Gasteiger partial charge in [0.05, 0.1) is 24.1 Å². The van der Waals surface area contributed by atoms with Crippen LogP contribution >= 0.6 is 11.6 Å². The fraction of sp³-hybridized carbons (Fsp3) is 0.280. The summed E-state index contributed by atoms with van der Waals surface area (Å²) in [6.07, 6.45) is 2.37. The number of benzene rings is 2. The number of aryl methyl sites for hydroxylation is 1. The van der Waals surface area contributed by atoms with Gasteiger partial charge in [-0.15, -0.1) is 0 Å². The smallest absolute Gasteiger partial charge is 0.290 e. The Kier molecular flexibility index (Phi) is 5.98. The number of amides is 1. The second-order valence-electron chi connectivity index (χ2n) is 7.68. The van der Waals surface area contributed by atoms with Gasteiger partial charge in [0.1, 0.15) is 12.2 Å². The molecule has 2 aromatic carbocycles. The zero-order chi connectivity index (χ0) is 23.0. The van der Waals surface area contributed by atoms with Gasteiger partial charge in [-0.05, 0) is 48.7 Å². The second kappa shape index (κ2) is 8.71. The summed E-state index contributed by atoms with van der Waals surface area (Å²) in [6, 6.07) is 8.10. The summed E-state index contributed by atoms with van der Waals surface area (Å²) in [6.45, 7) is 8.27. The van der Waals surface area contributed by atoms with E-state index in [1.807, 2.05) is 19.9 Å². The third-order valence-electron chi connectivity index (χ3n) is 5.57. The van der Waals surface area contributed by atoms with Crippen LogP contribution in [0.5, 0.6) is 11.5 Å². The third-order valence-corrected chi connectivity index (χ3v) is 5.98. The van der Waals surface area contributed by atoms with E-state index in [1.165, 1.54) is 0 Å². The number of ether oxygens (including phenoxy) is 2. The third kappa shape index (κ3) is 3.54. The van der Waals surface area contributed by atoms with E-state index in [2.05, 4.69) is 6.58 Å². The Morgan fingerprint density at radius 1 is 1.22 bits per heavy atom. The van der Waals surface area contributed by atoms with E-state index >= 15 is 0 Å². The van der Waals surface area contributed by atoms with E-state index in [-0.39, 0.29) is 17.1 Å². The Morgan fingerprint density at radius 2 is 2.00 bits per heavy atom. The highest BCUT2D eigenvalue weighted by molar-refractivity contribution is 6.32. The predicted molar refractivity (Wildman–Crippen MR) is 124 cm³/mol. The first kappa shape index (κ1) is 22.0. The van der Waals surface area contributed by atoms with Gasteiger partial charge in [-0.3, -0.25) is 9.59 Å². The van der Waals surface area contributed by atoms with Gasteiger partial charge in [-0.1, -0.05) is 37.2 Å². The predicted octanol–water partition coefficient (Wildman–Crippen LogP) is 5.28. The Bertz CT molecular complexity index is 1280. The summed E-state index contributed by atoms with van der Waals surface area (Å²) >= 11 is 6.27. The Labute approximate surface area is 191 Å². The Morgan fingerprint density at radius 3 is 2.69 bits per heavy atom. The molecule has 7 heteroatoms. The van der Waals surface area contributed by atoms with E-state index in [9.17, 15) is 9.59 Å². The summed E-state index contributed by atoms with van der Waals surface area (Å²) in [5.41, 5.74) is 1.92. The molecule has 1 aliphatic rings. The van der Waals surface area contributed by atoms with Gasteiger partial charge in [0, 0.05) is 11.6 Å². The molecule has 166 valence electrons. The molecule has 1 atom stereocenters. The zero-order valence-corrected chi connectivity index (χ0v) is 19.0. The van der Waals surface area contributed by atoms with E-state index in [1.54, 1.807) is 42.4 Å². The molecule has 0 spiro atoms. The molecule has 1 unspecified atom stereocenters. The normalized spacial score (nSPS) is 15.2. The number of carbonyl (C=O) groups is 1. The van der Waals surface area contributed by atoms with Gasteiger partial charge in [0.2, 0.25) is 5.76 Å². The molecule has 0 radical (unpaired) electrons. The SMILES string of the molecule is C=CCOc1ccc(C2c3c(oc4cc(C)c(Cl)cc4c3=O)C(=O)N2CCC)cc1OC. The molecule has 2 heterocycles. The molecule has 0 aliphatic carbocycles. The van der Waals surface area contributed by atoms with Crippen molar-refractivity contribution in [2.75, 3.05) is 20.3 Å². The average Bonchev–Trinajstić information content (AvgIpc) is 3.06. The number of methoxy groups -OCH3 is 1. The summed E-state index contributed by atoms with van der Waals surface area (Å²) in [7, 11) is 1.55. The molecule has 1 amide bonds. The maximum atomic E-state index is 13.6. The molecule has 0 saturated heterocycles.